The summed E-state index contributed by atoms with van der Waals surface area (Å²) in [6.45, 7) is 4.09. The molecular formula is C18H22O6. The molecule has 130 valence electrons. The van der Waals surface area contributed by atoms with E-state index in [9.17, 15) is 4.79 Å². The summed E-state index contributed by atoms with van der Waals surface area (Å²) in [6, 6.07) is 9.85. The summed E-state index contributed by atoms with van der Waals surface area (Å²) in [5, 5.41) is 0. The van der Waals surface area contributed by atoms with Crippen molar-refractivity contribution < 1.29 is 28.5 Å². The van der Waals surface area contributed by atoms with E-state index in [0.717, 1.165) is 5.56 Å². The Labute approximate surface area is 141 Å². The van der Waals surface area contributed by atoms with Gasteiger partial charge in [0.1, 0.15) is 18.3 Å². The van der Waals surface area contributed by atoms with Crippen LogP contribution < -0.4 is 0 Å². The highest BCUT2D eigenvalue weighted by Gasteiger charge is 2.54. The van der Waals surface area contributed by atoms with Crippen molar-refractivity contribution in [2.45, 2.75) is 50.8 Å². The van der Waals surface area contributed by atoms with Gasteiger partial charge in [0.25, 0.3) is 0 Å². The smallest absolute Gasteiger partial charge is 0.330 e. The average molecular weight is 334 g/mol. The van der Waals surface area contributed by atoms with Crippen molar-refractivity contribution in [2.75, 3.05) is 7.11 Å². The zero-order valence-corrected chi connectivity index (χ0v) is 14.0. The average Bonchev–Trinajstić information content (AvgIpc) is 3.03. The van der Waals surface area contributed by atoms with Gasteiger partial charge in [0.15, 0.2) is 12.1 Å². The topological polar surface area (TPSA) is 63.2 Å². The van der Waals surface area contributed by atoms with Crippen LogP contribution in [0, 0.1) is 0 Å². The van der Waals surface area contributed by atoms with Crippen molar-refractivity contribution in [1.82, 2.24) is 0 Å². The predicted octanol–water partition coefficient (Wildman–Crippen LogP) is 2.18. The van der Waals surface area contributed by atoms with Gasteiger partial charge in [-0.25, -0.2) is 4.79 Å². The molecule has 2 aliphatic rings. The lowest BCUT2D eigenvalue weighted by Gasteiger charge is -2.24. The minimum absolute atomic E-state index is 0.351. The summed E-state index contributed by atoms with van der Waals surface area (Å²) in [6.07, 6.45) is 1.26. The Morgan fingerprint density at radius 3 is 2.71 bits per heavy atom. The monoisotopic (exact) mass is 334 g/mol. The van der Waals surface area contributed by atoms with E-state index in [0.29, 0.717) is 6.61 Å². The number of benzene rings is 1. The Kier molecular flexibility index (Phi) is 5.01. The summed E-state index contributed by atoms with van der Waals surface area (Å²) >= 11 is 0. The number of esters is 1. The van der Waals surface area contributed by atoms with E-state index in [-0.39, 0.29) is 12.2 Å². The van der Waals surface area contributed by atoms with Gasteiger partial charge in [-0.1, -0.05) is 30.3 Å². The molecule has 6 nitrogen and oxygen atoms in total. The van der Waals surface area contributed by atoms with Gasteiger partial charge in [-0.2, -0.15) is 0 Å². The Morgan fingerprint density at radius 2 is 2.00 bits per heavy atom. The number of carbonyl (C=O) groups excluding carboxylic acids is 1. The molecule has 2 heterocycles. The number of ether oxygens (including phenoxy) is 5. The maximum absolute atomic E-state index is 11.3. The van der Waals surface area contributed by atoms with Crippen LogP contribution in [0.4, 0.5) is 0 Å². The highest BCUT2D eigenvalue weighted by atomic mass is 16.8. The lowest BCUT2D eigenvalue weighted by Crippen LogP contribution is -2.36. The normalized spacial score (nSPS) is 31.3. The molecule has 2 saturated heterocycles. The third-order valence-electron chi connectivity index (χ3n) is 3.94. The van der Waals surface area contributed by atoms with Crippen LogP contribution in [0.5, 0.6) is 0 Å². The van der Waals surface area contributed by atoms with Crippen LogP contribution in [0.3, 0.4) is 0 Å². The van der Waals surface area contributed by atoms with Crippen LogP contribution in [-0.2, 0) is 35.1 Å². The lowest BCUT2D eigenvalue weighted by molar-refractivity contribution is -0.213. The molecule has 0 spiro atoms. The van der Waals surface area contributed by atoms with Gasteiger partial charge in [0, 0.05) is 6.08 Å². The molecule has 0 amide bonds. The van der Waals surface area contributed by atoms with Gasteiger partial charge in [-0.15, -0.1) is 0 Å². The zero-order chi connectivity index (χ0) is 17.2. The van der Waals surface area contributed by atoms with Crippen LogP contribution in [-0.4, -0.2) is 43.5 Å². The molecule has 2 aliphatic heterocycles. The summed E-state index contributed by atoms with van der Waals surface area (Å²) in [5.41, 5.74) is 1.05. The quantitative estimate of drug-likeness (QED) is 0.607. The maximum Gasteiger partial charge on any atom is 0.330 e. The number of methoxy groups -OCH3 is 1. The van der Waals surface area contributed by atoms with Gasteiger partial charge < -0.3 is 23.7 Å². The van der Waals surface area contributed by atoms with Gasteiger partial charge in [-0.05, 0) is 25.5 Å². The molecule has 2 fully saturated rings. The Balaban J connectivity index is 1.71. The largest absolute Gasteiger partial charge is 0.466 e. The zero-order valence-electron chi connectivity index (χ0n) is 14.0. The molecule has 0 aliphatic carbocycles. The Morgan fingerprint density at radius 1 is 1.25 bits per heavy atom. The van der Waals surface area contributed by atoms with Crippen LogP contribution in [0.25, 0.3) is 0 Å². The summed E-state index contributed by atoms with van der Waals surface area (Å²) in [7, 11) is 1.33. The first-order valence-corrected chi connectivity index (χ1v) is 7.91. The fraction of sp³-hybridized carbons (Fsp3) is 0.500. The van der Waals surface area contributed by atoms with E-state index in [1.54, 1.807) is 6.08 Å². The Hall–Kier alpha value is -1.73. The van der Waals surface area contributed by atoms with E-state index in [1.165, 1.54) is 13.2 Å². The number of hydrogen-bond acceptors (Lipinski definition) is 6. The van der Waals surface area contributed by atoms with E-state index in [2.05, 4.69) is 4.74 Å². The molecule has 1 aromatic rings. The molecule has 24 heavy (non-hydrogen) atoms. The number of hydrogen-bond donors (Lipinski definition) is 0. The van der Waals surface area contributed by atoms with Crippen molar-refractivity contribution in [3.63, 3.8) is 0 Å². The minimum Gasteiger partial charge on any atom is -0.466 e. The third kappa shape index (κ3) is 3.84. The van der Waals surface area contributed by atoms with Crippen molar-refractivity contribution in [3.05, 3.63) is 48.0 Å². The molecule has 0 N–H and O–H groups in total. The molecule has 6 heteroatoms. The van der Waals surface area contributed by atoms with Crippen molar-refractivity contribution in [2.24, 2.45) is 0 Å². The number of carbonyl (C=O) groups is 1. The van der Waals surface area contributed by atoms with Gasteiger partial charge in [-0.3, -0.25) is 0 Å². The molecule has 0 radical (unpaired) electrons. The second kappa shape index (κ2) is 7.03. The van der Waals surface area contributed by atoms with Gasteiger partial charge in [0.2, 0.25) is 0 Å². The van der Waals surface area contributed by atoms with Crippen molar-refractivity contribution in [1.29, 1.82) is 0 Å². The molecular weight excluding hydrogens is 312 g/mol. The second-order valence-electron chi connectivity index (χ2n) is 6.21. The first-order valence-electron chi connectivity index (χ1n) is 7.91. The van der Waals surface area contributed by atoms with Gasteiger partial charge >= 0.3 is 5.97 Å². The predicted molar refractivity (Wildman–Crippen MR) is 84.9 cm³/mol. The summed E-state index contributed by atoms with van der Waals surface area (Å²) in [4.78, 5) is 11.3. The second-order valence-corrected chi connectivity index (χ2v) is 6.21. The van der Waals surface area contributed by atoms with Crippen LogP contribution >= 0.6 is 0 Å². The minimum atomic E-state index is -0.722. The van der Waals surface area contributed by atoms with E-state index in [1.807, 2.05) is 44.2 Å². The van der Waals surface area contributed by atoms with Crippen LogP contribution in [0.15, 0.2) is 42.5 Å². The summed E-state index contributed by atoms with van der Waals surface area (Å²) < 4.78 is 28.2. The SMILES string of the molecule is COC(=O)/C=C/[C@H]1O[C@@H]2OC(C)(C)O[C@@H]2[C@@H]1OCc1ccccc1. The molecule has 0 bridgehead atoms. The number of rotatable bonds is 5. The molecule has 0 unspecified atom stereocenters. The van der Waals surface area contributed by atoms with E-state index in [4.69, 9.17) is 18.9 Å². The summed E-state index contributed by atoms with van der Waals surface area (Å²) in [5.74, 6) is -1.17. The maximum atomic E-state index is 11.3. The van der Waals surface area contributed by atoms with E-state index >= 15 is 0 Å². The lowest BCUT2D eigenvalue weighted by atomic mass is 10.1. The highest BCUT2D eigenvalue weighted by Crippen LogP contribution is 2.39. The van der Waals surface area contributed by atoms with E-state index < -0.39 is 24.2 Å². The molecule has 0 saturated carbocycles. The first-order chi connectivity index (χ1) is 11.5. The fourth-order valence-corrected chi connectivity index (χ4v) is 2.86. The van der Waals surface area contributed by atoms with Gasteiger partial charge in [0.05, 0.1) is 13.7 Å². The van der Waals surface area contributed by atoms with Crippen LogP contribution in [0.2, 0.25) is 0 Å². The van der Waals surface area contributed by atoms with Crippen LogP contribution in [0.1, 0.15) is 19.4 Å². The standard InChI is InChI=1S/C18H22O6/c1-18(2)23-16-15(21-11-12-7-5-4-6-8-12)13(22-17(16)24-18)9-10-14(19)20-3/h4-10,13,15-17H,11H2,1-3H3/b10-9+/t13-,15-,16-,17-/m1/s1. The molecule has 1 aromatic carbocycles. The third-order valence-corrected chi connectivity index (χ3v) is 3.94. The molecule has 3 rings (SSSR count). The highest BCUT2D eigenvalue weighted by molar-refractivity contribution is 5.81. The fourth-order valence-electron chi connectivity index (χ4n) is 2.86. The Bertz CT molecular complexity index is 597. The molecule has 4 atom stereocenters. The number of fused-ring (bicyclic) bond motifs is 1. The first kappa shape index (κ1) is 17.1. The van der Waals surface area contributed by atoms with Crippen molar-refractivity contribution >= 4 is 5.97 Å². The van der Waals surface area contributed by atoms with Crippen molar-refractivity contribution in [3.8, 4) is 0 Å². The molecule has 0 aromatic heterocycles.